The summed E-state index contributed by atoms with van der Waals surface area (Å²) in [5.74, 6) is -0.149. The molecule has 1 fully saturated rings. The largest absolute Gasteiger partial charge is 0.465 e. The molecule has 5 nitrogen and oxygen atoms in total. The van der Waals surface area contributed by atoms with Crippen LogP contribution in [0.25, 0.3) is 0 Å². The lowest BCUT2D eigenvalue weighted by Crippen LogP contribution is -2.47. The second-order valence-corrected chi connectivity index (χ2v) is 8.49. The maximum absolute atomic E-state index is 13.5. The molecule has 0 saturated carbocycles. The van der Waals surface area contributed by atoms with Crippen LogP contribution in [0.3, 0.4) is 0 Å². The van der Waals surface area contributed by atoms with Crippen LogP contribution in [0, 0.1) is 11.6 Å². The molecule has 0 atom stereocenters. The molecule has 37 heavy (non-hydrogen) atoms. The van der Waals surface area contributed by atoms with Gasteiger partial charge in [0.1, 0.15) is 23.0 Å². The summed E-state index contributed by atoms with van der Waals surface area (Å²) in [5.41, 5.74) is 2.55. The maximum Gasteiger partial charge on any atom is 0.341 e. The number of carbonyl (C=O) groups excluding carboxylic acids is 1. The fraction of sp³-hybridized carbons (Fsp3) is 0.333. The molecule has 1 aromatic heterocycles. The van der Waals surface area contributed by atoms with Gasteiger partial charge in [-0.1, -0.05) is 24.3 Å². The molecule has 0 spiro atoms. The summed E-state index contributed by atoms with van der Waals surface area (Å²) in [6.07, 6.45) is 3.53. The number of benzene rings is 2. The number of halogens is 5. The summed E-state index contributed by atoms with van der Waals surface area (Å²) >= 11 is 0. The molecule has 1 aliphatic rings. The Kier molecular flexibility index (Phi) is 13.8. The van der Waals surface area contributed by atoms with E-state index in [1.54, 1.807) is 18.3 Å². The SMILES string of the molecule is COC(=O)c1cccnc1N1CCN(CCCC(c2ccc(F)cc2)c2ccc(F)cc2)CC1.Cl.Cl.Cl. The van der Waals surface area contributed by atoms with Crippen molar-refractivity contribution in [1.29, 1.82) is 0 Å². The van der Waals surface area contributed by atoms with Gasteiger partial charge in [-0.15, -0.1) is 37.2 Å². The number of hydrogen-bond donors (Lipinski definition) is 0. The van der Waals surface area contributed by atoms with Crippen LogP contribution in [0.15, 0.2) is 66.9 Å². The van der Waals surface area contributed by atoms with Crippen molar-refractivity contribution in [3.63, 3.8) is 0 Å². The number of hydrogen-bond acceptors (Lipinski definition) is 5. The number of esters is 1. The predicted octanol–water partition coefficient (Wildman–Crippen LogP) is 6.15. The molecular formula is C27H32Cl3F2N3O2. The highest BCUT2D eigenvalue weighted by Gasteiger charge is 2.23. The van der Waals surface area contributed by atoms with Crippen LogP contribution in [0.1, 0.15) is 40.2 Å². The summed E-state index contributed by atoms with van der Waals surface area (Å²) in [4.78, 5) is 21.0. The van der Waals surface area contributed by atoms with Crippen molar-refractivity contribution in [2.24, 2.45) is 0 Å². The normalized spacial score (nSPS) is 13.2. The number of carbonyl (C=O) groups is 1. The Morgan fingerprint density at radius 3 is 1.95 bits per heavy atom. The summed E-state index contributed by atoms with van der Waals surface area (Å²) in [7, 11) is 1.38. The van der Waals surface area contributed by atoms with Crippen LogP contribution in [0.2, 0.25) is 0 Å². The van der Waals surface area contributed by atoms with Gasteiger partial charge in [-0.2, -0.15) is 0 Å². The molecule has 0 N–H and O–H groups in total. The van der Waals surface area contributed by atoms with Crippen molar-refractivity contribution in [3.8, 4) is 0 Å². The number of methoxy groups -OCH3 is 1. The fourth-order valence-electron chi connectivity index (χ4n) is 4.54. The third-order valence-electron chi connectivity index (χ3n) is 6.38. The van der Waals surface area contributed by atoms with E-state index in [4.69, 9.17) is 4.74 Å². The molecule has 2 heterocycles. The Hall–Kier alpha value is -2.45. The van der Waals surface area contributed by atoms with E-state index in [1.807, 2.05) is 24.3 Å². The van der Waals surface area contributed by atoms with Crippen LogP contribution < -0.4 is 4.90 Å². The lowest BCUT2D eigenvalue weighted by Gasteiger charge is -2.36. The molecule has 3 aromatic rings. The highest BCUT2D eigenvalue weighted by Crippen LogP contribution is 2.30. The van der Waals surface area contributed by atoms with Crippen molar-refractivity contribution in [2.75, 3.05) is 44.7 Å². The molecule has 0 aliphatic carbocycles. The number of anilines is 1. The van der Waals surface area contributed by atoms with Crippen LogP contribution in [-0.4, -0.2) is 55.7 Å². The van der Waals surface area contributed by atoms with Crippen molar-refractivity contribution in [1.82, 2.24) is 9.88 Å². The van der Waals surface area contributed by atoms with Gasteiger partial charge < -0.3 is 9.64 Å². The zero-order valence-corrected chi connectivity index (χ0v) is 23.0. The van der Waals surface area contributed by atoms with Crippen molar-refractivity contribution in [3.05, 3.63) is 95.2 Å². The second-order valence-electron chi connectivity index (χ2n) is 8.49. The molecule has 202 valence electrons. The van der Waals surface area contributed by atoms with E-state index in [0.29, 0.717) is 11.4 Å². The highest BCUT2D eigenvalue weighted by atomic mass is 35.5. The minimum absolute atomic E-state index is 0. The zero-order valence-electron chi connectivity index (χ0n) is 20.5. The molecule has 4 rings (SSSR count). The number of nitrogens with zero attached hydrogens (tertiary/aromatic N) is 3. The molecule has 0 unspecified atom stereocenters. The summed E-state index contributed by atoms with van der Waals surface area (Å²) < 4.78 is 31.8. The van der Waals surface area contributed by atoms with Gasteiger partial charge in [-0.25, -0.2) is 18.6 Å². The van der Waals surface area contributed by atoms with Crippen LogP contribution in [0.4, 0.5) is 14.6 Å². The molecular weight excluding hydrogens is 543 g/mol. The summed E-state index contributed by atoms with van der Waals surface area (Å²) in [6, 6.07) is 16.6. The van der Waals surface area contributed by atoms with Gasteiger partial charge >= 0.3 is 5.97 Å². The minimum Gasteiger partial charge on any atom is -0.465 e. The first kappa shape index (κ1) is 32.6. The number of rotatable bonds is 8. The molecule has 0 radical (unpaired) electrons. The standard InChI is InChI=1S/C27H29F2N3O2.3ClH/c1-34-27(33)25-4-2-14-30-26(25)32-18-16-31(17-19-32)15-3-5-24(20-6-10-22(28)11-7-20)21-8-12-23(29)13-9-21;;;/h2,4,6-14,24H,3,5,15-19H2,1H3;3*1H. The Balaban J connectivity index is 0.00000228. The van der Waals surface area contributed by atoms with E-state index in [2.05, 4.69) is 14.8 Å². The van der Waals surface area contributed by atoms with Gasteiger partial charge in [-0.05, 0) is 66.9 Å². The average molecular weight is 575 g/mol. The molecule has 0 amide bonds. The van der Waals surface area contributed by atoms with Gasteiger partial charge in [0.25, 0.3) is 0 Å². The first-order chi connectivity index (χ1) is 16.5. The van der Waals surface area contributed by atoms with E-state index in [0.717, 1.165) is 56.7 Å². The van der Waals surface area contributed by atoms with E-state index in [9.17, 15) is 13.6 Å². The lowest BCUT2D eigenvalue weighted by molar-refractivity contribution is 0.0600. The monoisotopic (exact) mass is 573 g/mol. The van der Waals surface area contributed by atoms with Crippen LogP contribution in [-0.2, 0) is 4.74 Å². The molecule has 1 saturated heterocycles. The number of ether oxygens (including phenoxy) is 1. The van der Waals surface area contributed by atoms with Gasteiger partial charge in [0.15, 0.2) is 0 Å². The minimum atomic E-state index is -0.377. The molecule has 10 heteroatoms. The number of pyridine rings is 1. The van der Waals surface area contributed by atoms with Crippen molar-refractivity contribution in [2.45, 2.75) is 18.8 Å². The van der Waals surface area contributed by atoms with Crippen molar-refractivity contribution >= 4 is 49.0 Å². The predicted molar refractivity (Wildman–Crippen MR) is 150 cm³/mol. The topological polar surface area (TPSA) is 45.7 Å². The van der Waals surface area contributed by atoms with Gasteiger partial charge in [-0.3, -0.25) is 4.90 Å². The quantitative estimate of drug-likeness (QED) is 0.302. The smallest absolute Gasteiger partial charge is 0.341 e. The van der Waals surface area contributed by atoms with E-state index in [-0.39, 0.29) is 60.7 Å². The van der Waals surface area contributed by atoms with E-state index >= 15 is 0 Å². The third-order valence-corrected chi connectivity index (χ3v) is 6.38. The molecule has 0 bridgehead atoms. The molecule has 1 aliphatic heterocycles. The maximum atomic E-state index is 13.5. The zero-order chi connectivity index (χ0) is 23.9. The summed E-state index contributed by atoms with van der Waals surface area (Å²) in [5, 5.41) is 0. The lowest BCUT2D eigenvalue weighted by atomic mass is 9.87. The Morgan fingerprint density at radius 1 is 0.892 bits per heavy atom. The Morgan fingerprint density at radius 2 is 1.43 bits per heavy atom. The van der Waals surface area contributed by atoms with E-state index < -0.39 is 0 Å². The first-order valence-electron chi connectivity index (χ1n) is 11.6. The van der Waals surface area contributed by atoms with Gasteiger partial charge in [0.2, 0.25) is 0 Å². The van der Waals surface area contributed by atoms with Gasteiger partial charge in [0.05, 0.1) is 7.11 Å². The second kappa shape index (κ2) is 15.7. The highest BCUT2D eigenvalue weighted by molar-refractivity contribution is 5.94. The van der Waals surface area contributed by atoms with Gasteiger partial charge in [0, 0.05) is 38.3 Å². The number of piperazine rings is 1. The van der Waals surface area contributed by atoms with Crippen LogP contribution >= 0.6 is 37.2 Å². The Labute approximate surface area is 235 Å². The summed E-state index contributed by atoms with van der Waals surface area (Å²) in [6.45, 7) is 4.23. The van der Waals surface area contributed by atoms with E-state index in [1.165, 1.54) is 31.4 Å². The van der Waals surface area contributed by atoms with Crippen molar-refractivity contribution < 1.29 is 18.3 Å². The first-order valence-corrected chi connectivity index (χ1v) is 11.6. The number of aromatic nitrogens is 1. The Bertz CT molecular complexity index is 1050. The fourth-order valence-corrected chi connectivity index (χ4v) is 4.54. The van der Waals surface area contributed by atoms with Crippen LogP contribution in [0.5, 0.6) is 0 Å². The third kappa shape index (κ3) is 8.54. The molecule has 2 aromatic carbocycles. The average Bonchev–Trinajstić information content (AvgIpc) is 2.88.